The van der Waals surface area contributed by atoms with Crippen LogP contribution in [0.2, 0.25) is 0 Å². The van der Waals surface area contributed by atoms with E-state index in [1.807, 2.05) is 0 Å². The summed E-state index contributed by atoms with van der Waals surface area (Å²) in [5.41, 5.74) is 6.65. The molecule has 0 aromatic carbocycles. The molecule has 4 atom stereocenters. The van der Waals surface area contributed by atoms with E-state index in [2.05, 4.69) is 46.4 Å². The van der Waals surface area contributed by atoms with Gasteiger partial charge in [-0.25, -0.2) is 0 Å². The Morgan fingerprint density at radius 1 is 1.29 bits per heavy atom. The smallest absolute Gasteiger partial charge is 0.0250 e. The summed E-state index contributed by atoms with van der Waals surface area (Å²) in [5, 5.41) is 1.45. The van der Waals surface area contributed by atoms with Crippen LogP contribution in [0.25, 0.3) is 0 Å². The third-order valence-corrected chi connectivity index (χ3v) is 6.10. The van der Waals surface area contributed by atoms with Gasteiger partial charge in [0.1, 0.15) is 0 Å². The first-order valence-corrected chi connectivity index (χ1v) is 8.20. The molecular formula is C15H31NS. The molecule has 0 amide bonds. The molecule has 0 aromatic rings. The second-order valence-electron chi connectivity index (χ2n) is 6.89. The SMILES string of the molecule is CCC(N)C(SC1CCCC(C)C1)C(C)(C)C. The third kappa shape index (κ3) is 4.82. The monoisotopic (exact) mass is 257 g/mol. The summed E-state index contributed by atoms with van der Waals surface area (Å²) >= 11 is 2.18. The molecule has 0 bridgehead atoms. The average Bonchev–Trinajstić information content (AvgIpc) is 2.23. The fourth-order valence-electron chi connectivity index (χ4n) is 2.87. The molecule has 17 heavy (non-hydrogen) atoms. The standard InChI is InChI=1S/C15H31NS/c1-6-13(16)14(15(3,4)5)17-12-9-7-8-11(2)10-12/h11-14H,6-10,16H2,1-5H3. The maximum Gasteiger partial charge on any atom is 0.0250 e. The van der Waals surface area contributed by atoms with Crippen LogP contribution in [0.4, 0.5) is 0 Å². The van der Waals surface area contributed by atoms with Crippen molar-refractivity contribution >= 4 is 11.8 Å². The number of thioether (sulfide) groups is 1. The van der Waals surface area contributed by atoms with Gasteiger partial charge in [-0.3, -0.25) is 0 Å². The highest BCUT2D eigenvalue weighted by Crippen LogP contribution is 2.41. The minimum absolute atomic E-state index is 0.320. The molecule has 2 heteroatoms. The van der Waals surface area contributed by atoms with Crippen molar-refractivity contribution in [2.75, 3.05) is 0 Å². The molecule has 4 unspecified atom stereocenters. The summed E-state index contributed by atoms with van der Waals surface area (Å²) in [4.78, 5) is 0. The maximum atomic E-state index is 6.33. The third-order valence-electron chi connectivity index (χ3n) is 3.94. The van der Waals surface area contributed by atoms with Gasteiger partial charge in [-0.1, -0.05) is 47.5 Å². The average molecular weight is 257 g/mol. The molecule has 0 saturated heterocycles. The topological polar surface area (TPSA) is 26.0 Å². The Bertz CT molecular complexity index is 221. The van der Waals surface area contributed by atoms with Gasteiger partial charge in [0.25, 0.3) is 0 Å². The fraction of sp³-hybridized carbons (Fsp3) is 1.00. The van der Waals surface area contributed by atoms with Gasteiger partial charge in [-0.15, -0.1) is 0 Å². The lowest BCUT2D eigenvalue weighted by atomic mass is 9.86. The summed E-state index contributed by atoms with van der Waals surface area (Å²) in [6, 6.07) is 0.345. The second-order valence-corrected chi connectivity index (χ2v) is 8.34. The lowest BCUT2D eigenvalue weighted by Crippen LogP contribution is -2.42. The van der Waals surface area contributed by atoms with Crippen LogP contribution in [0.1, 0.15) is 66.7 Å². The zero-order valence-electron chi connectivity index (χ0n) is 12.3. The summed E-state index contributed by atoms with van der Waals surface area (Å²) in [6.45, 7) is 11.6. The first-order chi connectivity index (χ1) is 7.84. The van der Waals surface area contributed by atoms with Gasteiger partial charge in [-0.05, 0) is 30.6 Å². The molecule has 0 radical (unpaired) electrons. The lowest BCUT2D eigenvalue weighted by Gasteiger charge is -2.38. The Balaban J connectivity index is 2.59. The molecule has 1 fully saturated rings. The molecule has 1 nitrogen and oxygen atoms in total. The van der Waals surface area contributed by atoms with Crippen molar-refractivity contribution < 1.29 is 0 Å². The molecule has 2 N–H and O–H groups in total. The zero-order chi connectivity index (χ0) is 13.1. The van der Waals surface area contributed by atoms with Crippen LogP contribution in [-0.2, 0) is 0 Å². The maximum absolute atomic E-state index is 6.33. The molecule has 1 rings (SSSR count). The minimum Gasteiger partial charge on any atom is -0.327 e. The summed E-state index contributed by atoms with van der Waals surface area (Å²) in [6.07, 6.45) is 6.73. The largest absolute Gasteiger partial charge is 0.327 e. The van der Waals surface area contributed by atoms with E-state index in [-0.39, 0.29) is 0 Å². The Labute approximate surface area is 112 Å². The first-order valence-electron chi connectivity index (χ1n) is 7.25. The summed E-state index contributed by atoms with van der Waals surface area (Å²) < 4.78 is 0. The summed E-state index contributed by atoms with van der Waals surface area (Å²) in [5.74, 6) is 0.916. The van der Waals surface area contributed by atoms with Crippen LogP contribution in [0.5, 0.6) is 0 Å². The number of rotatable bonds is 4. The Kier molecular flexibility index (Phi) is 5.85. The molecule has 1 aliphatic carbocycles. The van der Waals surface area contributed by atoms with E-state index < -0.39 is 0 Å². The van der Waals surface area contributed by atoms with E-state index in [0.29, 0.717) is 16.7 Å². The molecule has 0 aromatic heterocycles. The van der Waals surface area contributed by atoms with Gasteiger partial charge >= 0.3 is 0 Å². The molecule has 1 saturated carbocycles. The van der Waals surface area contributed by atoms with Gasteiger partial charge in [0.05, 0.1) is 0 Å². The van der Waals surface area contributed by atoms with Crippen LogP contribution < -0.4 is 5.73 Å². The normalized spacial score (nSPS) is 30.0. The van der Waals surface area contributed by atoms with Gasteiger partial charge in [0.2, 0.25) is 0 Å². The Morgan fingerprint density at radius 3 is 2.41 bits per heavy atom. The van der Waals surface area contributed by atoms with Crippen LogP contribution in [-0.4, -0.2) is 16.5 Å². The van der Waals surface area contributed by atoms with Crippen molar-refractivity contribution in [3.8, 4) is 0 Å². The number of hydrogen-bond acceptors (Lipinski definition) is 2. The molecular weight excluding hydrogens is 226 g/mol. The Morgan fingerprint density at radius 2 is 1.94 bits per heavy atom. The molecule has 102 valence electrons. The van der Waals surface area contributed by atoms with Crippen molar-refractivity contribution in [3.05, 3.63) is 0 Å². The van der Waals surface area contributed by atoms with Gasteiger partial charge in [0.15, 0.2) is 0 Å². The fourth-order valence-corrected chi connectivity index (χ4v) is 4.83. The van der Waals surface area contributed by atoms with Crippen molar-refractivity contribution in [2.45, 2.75) is 83.3 Å². The second kappa shape index (κ2) is 6.47. The van der Waals surface area contributed by atoms with Gasteiger partial charge in [0, 0.05) is 16.5 Å². The molecule has 0 spiro atoms. The van der Waals surface area contributed by atoms with Crippen molar-refractivity contribution in [1.29, 1.82) is 0 Å². The first kappa shape index (κ1) is 15.4. The van der Waals surface area contributed by atoms with E-state index >= 15 is 0 Å². The highest BCUT2D eigenvalue weighted by atomic mass is 32.2. The molecule has 0 aliphatic heterocycles. The van der Waals surface area contributed by atoms with E-state index in [1.54, 1.807) is 0 Å². The highest BCUT2D eigenvalue weighted by Gasteiger charge is 2.33. The predicted molar refractivity (Wildman–Crippen MR) is 80.5 cm³/mol. The van der Waals surface area contributed by atoms with E-state index in [1.165, 1.54) is 25.7 Å². The predicted octanol–water partition coefficient (Wildman–Crippen LogP) is 4.45. The number of hydrogen-bond donors (Lipinski definition) is 1. The van der Waals surface area contributed by atoms with Gasteiger partial charge < -0.3 is 5.73 Å². The molecule has 0 heterocycles. The van der Waals surface area contributed by atoms with Crippen LogP contribution in [0, 0.1) is 11.3 Å². The van der Waals surface area contributed by atoms with Crippen molar-refractivity contribution in [2.24, 2.45) is 17.1 Å². The van der Waals surface area contributed by atoms with Crippen LogP contribution in [0.15, 0.2) is 0 Å². The van der Waals surface area contributed by atoms with E-state index in [4.69, 9.17) is 5.73 Å². The quantitative estimate of drug-likeness (QED) is 0.805. The minimum atomic E-state index is 0.320. The van der Waals surface area contributed by atoms with Crippen LogP contribution >= 0.6 is 11.8 Å². The summed E-state index contributed by atoms with van der Waals surface area (Å²) in [7, 11) is 0. The van der Waals surface area contributed by atoms with Crippen molar-refractivity contribution in [1.82, 2.24) is 0 Å². The number of nitrogens with two attached hydrogens (primary N) is 1. The zero-order valence-corrected chi connectivity index (χ0v) is 13.1. The molecule has 1 aliphatic rings. The lowest BCUT2D eigenvalue weighted by molar-refractivity contribution is 0.343. The highest BCUT2D eigenvalue weighted by molar-refractivity contribution is 8.00. The van der Waals surface area contributed by atoms with Gasteiger partial charge in [-0.2, -0.15) is 11.8 Å². The Hall–Kier alpha value is 0.310. The van der Waals surface area contributed by atoms with Crippen molar-refractivity contribution in [3.63, 3.8) is 0 Å². The van der Waals surface area contributed by atoms with Crippen LogP contribution in [0.3, 0.4) is 0 Å². The van der Waals surface area contributed by atoms with E-state index in [0.717, 1.165) is 17.6 Å². The van der Waals surface area contributed by atoms with E-state index in [9.17, 15) is 0 Å².